The molecule has 0 aliphatic carbocycles. The smallest absolute Gasteiger partial charge is 0.191 e. The Bertz CT molecular complexity index is 217. The maximum atomic E-state index is 5.39. The van der Waals surface area contributed by atoms with Crippen LogP contribution in [-0.4, -0.2) is 52.5 Å². The number of nitrogens with one attached hydrogen (secondary N) is 2. The first-order chi connectivity index (χ1) is 9.35. The molecule has 6 heteroatoms. The fourth-order valence-corrected chi connectivity index (χ4v) is 1.56. The van der Waals surface area contributed by atoms with Gasteiger partial charge < -0.3 is 20.1 Å². The molecule has 0 amide bonds. The molecule has 122 valence electrons. The number of rotatable bonds is 12. The van der Waals surface area contributed by atoms with Gasteiger partial charge in [0.1, 0.15) is 0 Å². The summed E-state index contributed by atoms with van der Waals surface area (Å²) in [7, 11) is 1.68. The molecular formula is C14H32IN3O2. The van der Waals surface area contributed by atoms with E-state index >= 15 is 0 Å². The Labute approximate surface area is 141 Å². The molecule has 0 saturated carbocycles. The van der Waals surface area contributed by atoms with E-state index in [1.54, 1.807) is 7.11 Å². The fourth-order valence-electron chi connectivity index (χ4n) is 1.56. The van der Waals surface area contributed by atoms with E-state index in [0.717, 1.165) is 32.0 Å². The molecule has 0 bridgehead atoms. The Morgan fingerprint density at radius 2 is 1.80 bits per heavy atom. The van der Waals surface area contributed by atoms with Crippen LogP contribution in [0.2, 0.25) is 0 Å². The van der Waals surface area contributed by atoms with Crippen LogP contribution >= 0.6 is 24.0 Å². The van der Waals surface area contributed by atoms with Crippen molar-refractivity contribution >= 4 is 29.9 Å². The SMILES string of the molecule is CCCCCCN=C(NCC)NCCOCCOC.I. The molecule has 0 aromatic carbocycles. The van der Waals surface area contributed by atoms with Crippen LogP contribution in [0.1, 0.15) is 39.5 Å². The van der Waals surface area contributed by atoms with Gasteiger partial charge in [0, 0.05) is 26.7 Å². The first-order valence-electron chi connectivity index (χ1n) is 7.44. The predicted octanol–water partition coefficient (Wildman–Crippen LogP) is 2.40. The summed E-state index contributed by atoms with van der Waals surface area (Å²) in [5.41, 5.74) is 0. The van der Waals surface area contributed by atoms with Crippen LogP contribution in [0.4, 0.5) is 0 Å². The van der Waals surface area contributed by atoms with Gasteiger partial charge in [-0.05, 0) is 13.3 Å². The van der Waals surface area contributed by atoms with Crippen molar-refractivity contribution in [1.82, 2.24) is 10.6 Å². The summed E-state index contributed by atoms with van der Waals surface area (Å²) in [6.45, 7) is 8.79. The van der Waals surface area contributed by atoms with Crippen molar-refractivity contribution < 1.29 is 9.47 Å². The summed E-state index contributed by atoms with van der Waals surface area (Å²) in [4.78, 5) is 4.53. The van der Waals surface area contributed by atoms with Crippen LogP contribution in [0.25, 0.3) is 0 Å². The lowest BCUT2D eigenvalue weighted by atomic mass is 10.2. The van der Waals surface area contributed by atoms with Gasteiger partial charge >= 0.3 is 0 Å². The van der Waals surface area contributed by atoms with E-state index in [9.17, 15) is 0 Å². The Hall–Kier alpha value is -0.0800. The zero-order valence-corrected chi connectivity index (χ0v) is 15.6. The molecule has 20 heavy (non-hydrogen) atoms. The van der Waals surface area contributed by atoms with Gasteiger partial charge in [-0.15, -0.1) is 24.0 Å². The van der Waals surface area contributed by atoms with E-state index in [4.69, 9.17) is 9.47 Å². The van der Waals surface area contributed by atoms with E-state index in [1.165, 1.54) is 19.3 Å². The first kappa shape index (κ1) is 22.2. The molecule has 0 heterocycles. The monoisotopic (exact) mass is 401 g/mol. The van der Waals surface area contributed by atoms with Gasteiger partial charge in [0.05, 0.1) is 19.8 Å². The van der Waals surface area contributed by atoms with Crippen molar-refractivity contribution in [2.24, 2.45) is 4.99 Å². The topological polar surface area (TPSA) is 54.9 Å². The summed E-state index contributed by atoms with van der Waals surface area (Å²) in [5.74, 6) is 0.884. The first-order valence-corrected chi connectivity index (χ1v) is 7.44. The second-order valence-corrected chi connectivity index (χ2v) is 4.35. The number of halogens is 1. The molecule has 0 fully saturated rings. The molecular weight excluding hydrogens is 369 g/mol. The van der Waals surface area contributed by atoms with E-state index in [0.29, 0.717) is 19.8 Å². The van der Waals surface area contributed by atoms with E-state index in [-0.39, 0.29) is 24.0 Å². The Kier molecular flexibility index (Phi) is 21.0. The summed E-state index contributed by atoms with van der Waals surface area (Å²) in [5, 5.41) is 6.50. The molecule has 5 nitrogen and oxygen atoms in total. The number of ether oxygens (including phenoxy) is 2. The average molecular weight is 401 g/mol. The summed E-state index contributed by atoms with van der Waals surface area (Å²) < 4.78 is 10.3. The molecule has 0 unspecified atom stereocenters. The Balaban J connectivity index is 0. The van der Waals surface area contributed by atoms with Gasteiger partial charge in [-0.2, -0.15) is 0 Å². The third-order valence-corrected chi connectivity index (χ3v) is 2.60. The van der Waals surface area contributed by atoms with Crippen molar-refractivity contribution in [2.45, 2.75) is 39.5 Å². The minimum Gasteiger partial charge on any atom is -0.382 e. The van der Waals surface area contributed by atoms with Gasteiger partial charge in [0.2, 0.25) is 0 Å². The van der Waals surface area contributed by atoms with Crippen molar-refractivity contribution in [1.29, 1.82) is 0 Å². The zero-order valence-electron chi connectivity index (χ0n) is 13.2. The van der Waals surface area contributed by atoms with Crippen LogP contribution in [0.15, 0.2) is 4.99 Å². The highest BCUT2D eigenvalue weighted by molar-refractivity contribution is 14.0. The minimum atomic E-state index is 0. The van der Waals surface area contributed by atoms with Gasteiger partial charge in [-0.25, -0.2) is 0 Å². The third kappa shape index (κ3) is 16.0. The van der Waals surface area contributed by atoms with Crippen molar-refractivity contribution in [2.75, 3.05) is 46.6 Å². The standard InChI is InChI=1S/C14H31N3O2.HI/c1-4-6-7-8-9-16-14(15-5-2)17-10-11-19-13-12-18-3;/h4-13H2,1-3H3,(H2,15,16,17);1H. The maximum Gasteiger partial charge on any atom is 0.191 e. The molecule has 2 N–H and O–H groups in total. The highest BCUT2D eigenvalue weighted by Gasteiger charge is 1.96. The summed E-state index contributed by atoms with van der Waals surface area (Å²) >= 11 is 0. The number of unbranched alkanes of at least 4 members (excludes halogenated alkanes) is 3. The lowest BCUT2D eigenvalue weighted by molar-refractivity contribution is 0.0733. The lowest BCUT2D eigenvalue weighted by Crippen LogP contribution is -2.39. The summed E-state index contributed by atoms with van der Waals surface area (Å²) in [6, 6.07) is 0. The Morgan fingerprint density at radius 1 is 1.00 bits per heavy atom. The van der Waals surface area contributed by atoms with Crippen molar-refractivity contribution in [3.05, 3.63) is 0 Å². The normalized spacial score (nSPS) is 11.1. The largest absolute Gasteiger partial charge is 0.382 e. The molecule has 0 radical (unpaired) electrons. The molecule has 0 aliphatic rings. The molecule has 0 saturated heterocycles. The quantitative estimate of drug-likeness (QED) is 0.228. The van der Waals surface area contributed by atoms with Gasteiger partial charge in [-0.1, -0.05) is 26.2 Å². The predicted molar refractivity (Wildman–Crippen MR) is 96.2 cm³/mol. The molecule has 0 aromatic heterocycles. The van der Waals surface area contributed by atoms with E-state index in [1.807, 2.05) is 0 Å². The van der Waals surface area contributed by atoms with Crippen LogP contribution in [0.5, 0.6) is 0 Å². The molecule has 0 spiro atoms. The number of hydrogen-bond acceptors (Lipinski definition) is 3. The molecule has 0 atom stereocenters. The second kappa shape index (κ2) is 18.9. The number of nitrogens with zero attached hydrogens (tertiary/aromatic N) is 1. The zero-order chi connectivity index (χ0) is 14.2. The van der Waals surface area contributed by atoms with Crippen molar-refractivity contribution in [3.63, 3.8) is 0 Å². The third-order valence-electron chi connectivity index (χ3n) is 2.60. The number of guanidine groups is 1. The maximum absolute atomic E-state index is 5.39. The molecule has 0 aromatic rings. The lowest BCUT2D eigenvalue weighted by Gasteiger charge is -2.11. The summed E-state index contributed by atoms with van der Waals surface area (Å²) in [6.07, 6.45) is 4.99. The second-order valence-electron chi connectivity index (χ2n) is 4.35. The van der Waals surface area contributed by atoms with Gasteiger partial charge in [0.15, 0.2) is 5.96 Å². The van der Waals surface area contributed by atoms with E-state index < -0.39 is 0 Å². The highest BCUT2D eigenvalue weighted by atomic mass is 127. The van der Waals surface area contributed by atoms with Crippen LogP contribution in [0, 0.1) is 0 Å². The molecule has 0 rings (SSSR count). The fraction of sp³-hybridized carbons (Fsp3) is 0.929. The minimum absolute atomic E-state index is 0. The number of methoxy groups -OCH3 is 1. The van der Waals surface area contributed by atoms with Crippen molar-refractivity contribution in [3.8, 4) is 0 Å². The van der Waals surface area contributed by atoms with Gasteiger partial charge in [-0.3, -0.25) is 4.99 Å². The van der Waals surface area contributed by atoms with Crippen LogP contribution in [-0.2, 0) is 9.47 Å². The van der Waals surface area contributed by atoms with Gasteiger partial charge in [0.25, 0.3) is 0 Å². The average Bonchev–Trinajstić information content (AvgIpc) is 2.42. The Morgan fingerprint density at radius 3 is 2.45 bits per heavy atom. The van der Waals surface area contributed by atoms with Crippen LogP contribution in [0.3, 0.4) is 0 Å². The highest BCUT2D eigenvalue weighted by Crippen LogP contribution is 1.98. The van der Waals surface area contributed by atoms with Crippen LogP contribution < -0.4 is 10.6 Å². The number of hydrogen-bond donors (Lipinski definition) is 2. The number of aliphatic imine (C=N–C) groups is 1. The van der Waals surface area contributed by atoms with E-state index in [2.05, 4.69) is 29.5 Å². The molecule has 0 aliphatic heterocycles.